The van der Waals surface area contributed by atoms with E-state index >= 15 is 0 Å². The average Bonchev–Trinajstić information content (AvgIpc) is 3.17. The molecule has 2 aromatic carbocycles. The van der Waals surface area contributed by atoms with Crippen LogP contribution in [-0.2, 0) is 10.0 Å². The first-order valence-corrected chi connectivity index (χ1v) is 11.3. The van der Waals surface area contributed by atoms with Crippen LogP contribution in [0.1, 0.15) is 27.9 Å². The van der Waals surface area contributed by atoms with E-state index in [1.54, 1.807) is 13.0 Å². The van der Waals surface area contributed by atoms with Crippen molar-refractivity contribution >= 4 is 21.6 Å². The third-order valence-electron chi connectivity index (χ3n) is 5.60. The monoisotopic (exact) mass is 415 g/mol. The van der Waals surface area contributed by atoms with E-state index in [-0.39, 0.29) is 10.8 Å². The van der Waals surface area contributed by atoms with E-state index < -0.39 is 10.0 Å². The van der Waals surface area contributed by atoms with Crippen LogP contribution < -0.4 is 10.2 Å². The maximum atomic E-state index is 12.7. The number of benzene rings is 2. The number of carbonyl (C=O) groups excluding carboxylic acids is 1. The van der Waals surface area contributed by atoms with Crippen LogP contribution in [0.25, 0.3) is 0 Å². The van der Waals surface area contributed by atoms with E-state index in [0.717, 1.165) is 25.1 Å². The summed E-state index contributed by atoms with van der Waals surface area (Å²) in [4.78, 5) is 15.2. The standard InChI is InChI=1S/C22H29N3O3S/c1-16-12-19(13-21(17(16)2)29(27,28)24(3)4)22(26)23-14-18-10-11-25(15-18)20-8-6-5-7-9-20/h5-9,12-13,18H,10-11,14-15H2,1-4H3,(H,23,26). The van der Waals surface area contributed by atoms with E-state index in [4.69, 9.17) is 0 Å². The summed E-state index contributed by atoms with van der Waals surface area (Å²) in [5, 5.41) is 2.99. The highest BCUT2D eigenvalue weighted by Gasteiger charge is 2.25. The minimum Gasteiger partial charge on any atom is -0.371 e. The topological polar surface area (TPSA) is 69.7 Å². The molecule has 1 unspecified atom stereocenters. The molecular weight excluding hydrogens is 386 g/mol. The van der Waals surface area contributed by atoms with Gasteiger partial charge in [0.05, 0.1) is 4.90 Å². The van der Waals surface area contributed by atoms with Crippen molar-refractivity contribution < 1.29 is 13.2 Å². The number of para-hydroxylation sites is 1. The van der Waals surface area contributed by atoms with Crippen molar-refractivity contribution in [2.24, 2.45) is 5.92 Å². The number of sulfonamides is 1. The molecule has 1 aliphatic heterocycles. The van der Waals surface area contributed by atoms with Crippen LogP contribution in [0.5, 0.6) is 0 Å². The highest BCUT2D eigenvalue weighted by Crippen LogP contribution is 2.25. The van der Waals surface area contributed by atoms with Crippen molar-refractivity contribution in [1.29, 1.82) is 0 Å². The number of anilines is 1. The molecule has 6 nitrogen and oxygen atoms in total. The van der Waals surface area contributed by atoms with E-state index in [0.29, 0.717) is 23.6 Å². The lowest BCUT2D eigenvalue weighted by molar-refractivity contribution is 0.0948. The van der Waals surface area contributed by atoms with Gasteiger partial charge in [0.15, 0.2) is 0 Å². The summed E-state index contributed by atoms with van der Waals surface area (Å²) < 4.78 is 26.4. The summed E-state index contributed by atoms with van der Waals surface area (Å²) >= 11 is 0. The van der Waals surface area contributed by atoms with Gasteiger partial charge in [0.1, 0.15) is 0 Å². The zero-order valence-electron chi connectivity index (χ0n) is 17.5. The van der Waals surface area contributed by atoms with Crippen molar-refractivity contribution in [2.45, 2.75) is 25.2 Å². The molecule has 3 rings (SSSR count). The summed E-state index contributed by atoms with van der Waals surface area (Å²) in [6, 6.07) is 13.5. The number of rotatable bonds is 6. The first-order chi connectivity index (χ1) is 13.7. The Morgan fingerprint density at radius 3 is 2.52 bits per heavy atom. The summed E-state index contributed by atoms with van der Waals surface area (Å²) in [6.45, 7) is 6.04. The van der Waals surface area contributed by atoms with Crippen LogP contribution in [0.2, 0.25) is 0 Å². The number of carbonyl (C=O) groups is 1. The predicted molar refractivity (Wildman–Crippen MR) is 116 cm³/mol. The van der Waals surface area contributed by atoms with Gasteiger partial charge in [-0.2, -0.15) is 0 Å². The maximum Gasteiger partial charge on any atom is 0.251 e. The molecule has 0 aliphatic carbocycles. The van der Waals surface area contributed by atoms with Crippen molar-refractivity contribution in [3.05, 3.63) is 59.2 Å². The Labute approximate surface area is 173 Å². The molecule has 1 aliphatic rings. The molecule has 1 amide bonds. The number of aryl methyl sites for hydroxylation is 1. The Kier molecular flexibility index (Phi) is 6.29. The van der Waals surface area contributed by atoms with Crippen LogP contribution in [0.3, 0.4) is 0 Å². The third-order valence-corrected chi connectivity index (χ3v) is 7.54. The third kappa shape index (κ3) is 4.62. The first-order valence-electron chi connectivity index (χ1n) is 9.82. The zero-order valence-corrected chi connectivity index (χ0v) is 18.3. The second-order valence-electron chi connectivity index (χ2n) is 7.85. The Morgan fingerprint density at radius 2 is 1.86 bits per heavy atom. The second-order valence-corrected chi connectivity index (χ2v) is 9.97. The molecular formula is C22H29N3O3S. The van der Waals surface area contributed by atoms with Gasteiger partial charge in [0.25, 0.3) is 5.91 Å². The quantitative estimate of drug-likeness (QED) is 0.788. The molecule has 0 spiro atoms. The van der Waals surface area contributed by atoms with Crippen LogP contribution in [0.15, 0.2) is 47.4 Å². The average molecular weight is 416 g/mol. The highest BCUT2D eigenvalue weighted by molar-refractivity contribution is 7.89. The van der Waals surface area contributed by atoms with Gasteiger partial charge in [-0.1, -0.05) is 18.2 Å². The number of nitrogens with one attached hydrogen (secondary N) is 1. The molecule has 1 heterocycles. The number of hydrogen-bond donors (Lipinski definition) is 1. The first kappa shape index (κ1) is 21.3. The molecule has 7 heteroatoms. The van der Waals surface area contributed by atoms with Crippen molar-refractivity contribution in [3.63, 3.8) is 0 Å². The minimum atomic E-state index is -3.61. The van der Waals surface area contributed by atoms with Gasteiger partial charge in [0.2, 0.25) is 10.0 Å². The minimum absolute atomic E-state index is 0.184. The van der Waals surface area contributed by atoms with Gasteiger partial charge >= 0.3 is 0 Å². The summed E-state index contributed by atoms with van der Waals surface area (Å²) in [5.74, 6) is 0.136. The summed E-state index contributed by atoms with van der Waals surface area (Å²) in [7, 11) is -0.617. The molecule has 0 radical (unpaired) electrons. The molecule has 1 N–H and O–H groups in total. The van der Waals surface area contributed by atoms with Crippen LogP contribution in [-0.4, -0.2) is 52.4 Å². The fraction of sp³-hybridized carbons (Fsp3) is 0.409. The predicted octanol–water partition coefficient (Wildman–Crippen LogP) is 2.81. The maximum absolute atomic E-state index is 12.7. The number of hydrogen-bond acceptors (Lipinski definition) is 4. The van der Waals surface area contributed by atoms with Crippen LogP contribution >= 0.6 is 0 Å². The highest BCUT2D eigenvalue weighted by atomic mass is 32.2. The lowest BCUT2D eigenvalue weighted by atomic mass is 10.0. The Balaban J connectivity index is 1.68. The molecule has 29 heavy (non-hydrogen) atoms. The molecule has 2 aromatic rings. The second kappa shape index (κ2) is 8.55. The smallest absolute Gasteiger partial charge is 0.251 e. The molecule has 156 valence electrons. The van der Waals surface area contributed by atoms with Gasteiger partial charge in [0, 0.05) is 45.0 Å². The summed E-state index contributed by atoms with van der Waals surface area (Å²) in [5.41, 5.74) is 3.04. The van der Waals surface area contributed by atoms with E-state index in [2.05, 4.69) is 22.3 Å². The van der Waals surface area contributed by atoms with Crippen LogP contribution in [0.4, 0.5) is 5.69 Å². The molecule has 0 aromatic heterocycles. The lowest BCUT2D eigenvalue weighted by Crippen LogP contribution is -2.31. The zero-order chi connectivity index (χ0) is 21.2. The fourth-order valence-corrected chi connectivity index (χ4v) is 4.85. The Hall–Kier alpha value is -2.38. The van der Waals surface area contributed by atoms with Gasteiger partial charge in [-0.15, -0.1) is 0 Å². The Bertz CT molecular complexity index is 988. The molecule has 1 saturated heterocycles. The van der Waals surface area contributed by atoms with E-state index in [9.17, 15) is 13.2 Å². The number of amides is 1. The lowest BCUT2D eigenvalue weighted by Gasteiger charge is -2.19. The van der Waals surface area contributed by atoms with Crippen molar-refractivity contribution in [3.8, 4) is 0 Å². The van der Waals surface area contributed by atoms with E-state index in [1.807, 2.05) is 25.1 Å². The summed E-state index contributed by atoms with van der Waals surface area (Å²) in [6.07, 6.45) is 1.02. The molecule has 0 bridgehead atoms. The number of nitrogens with zero attached hydrogens (tertiary/aromatic N) is 2. The van der Waals surface area contributed by atoms with Gasteiger partial charge in [-0.3, -0.25) is 4.79 Å². The largest absolute Gasteiger partial charge is 0.371 e. The van der Waals surface area contributed by atoms with Gasteiger partial charge < -0.3 is 10.2 Å². The SMILES string of the molecule is Cc1cc(C(=O)NCC2CCN(c3ccccc3)C2)cc(S(=O)(=O)N(C)C)c1C. The van der Waals surface area contributed by atoms with Gasteiger partial charge in [-0.05, 0) is 61.6 Å². The van der Waals surface area contributed by atoms with Crippen LogP contribution in [0, 0.1) is 19.8 Å². The Morgan fingerprint density at radius 1 is 1.17 bits per heavy atom. The van der Waals surface area contributed by atoms with Crippen molar-refractivity contribution in [1.82, 2.24) is 9.62 Å². The molecule has 1 atom stereocenters. The van der Waals surface area contributed by atoms with Crippen molar-refractivity contribution in [2.75, 3.05) is 38.6 Å². The molecule has 0 saturated carbocycles. The van der Waals surface area contributed by atoms with Gasteiger partial charge in [-0.25, -0.2) is 12.7 Å². The molecule has 1 fully saturated rings. The van der Waals surface area contributed by atoms with E-state index in [1.165, 1.54) is 30.2 Å². The normalized spacial score (nSPS) is 17.0. The fourth-order valence-electron chi connectivity index (χ4n) is 3.63.